The van der Waals surface area contributed by atoms with Crippen LogP contribution in [-0.2, 0) is 13.2 Å². The van der Waals surface area contributed by atoms with Gasteiger partial charge in [-0.15, -0.1) is 0 Å². The highest BCUT2D eigenvalue weighted by atomic mass is 19.4. The van der Waals surface area contributed by atoms with Gasteiger partial charge in [0, 0.05) is 35.8 Å². The van der Waals surface area contributed by atoms with Crippen LogP contribution in [0.3, 0.4) is 0 Å². The molecule has 0 atom stereocenters. The van der Waals surface area contributed by atoms with Crippen molar-refractivity contribution in [2.75, 3.05) is 5.73 Å². The first kappa shape index (κ1) is 12.6. The number of rotatable bonds is 1. The van der Waals surface area contributed by atoms with Crippen LogP contribution in [0.4, 0.5) is 19.0 Å². The highest BCUT2D eigenvalue weighted by molar-refractivity contribution is 5.96. The molecule has 0 saturated carbocycles. The molecule has 3 rings (SSSR count). The third-order valence-corrected chi connectivity index (χ3v) is 3.20. The maximum atomic E-state index is 12.8. The second-order valence-corrected chi connectivity index (χ2v) is 4.59. The standard InChI is InChI=1S/C13H11F3N4/c1-20-6-9(10-5-12(17)19-18-10)8-4-7(13(14,15)16)2-3-11(8)20/h2-6H,1H3,(H3,17,18,19). The van der Waals surface area contributed by atoms with Crippen molar-refractivity contribution in [2.24, 2.45) is 7.05 Å². The molecule has 104 valence electrons. The highest BCUT2D eigenvalue weighted by Crippen LogP contribution is 2.35. The molecule has 0 aliphatic rings. The lowest BCUT2D eigenvalue weighted by molar-refractivity contribution is -0.137. The fourth-order valence-corrected chi connectivity index (χ4v) is 2.26. The molecule has 4 nitrogen and oxygen atoms in total. The van der Waals surface area contributed by atoms with Gasteiger partial charge in [-0.3, -0.25) is 5.10 Å². The minimum absolute atomic E-state index is 0.295. The summed E-state index contributed by atoms with van der Waals surface area (Å²) in [4.78, 5) is 0. The molecule has 0 amide bonds. The molecule has 0 aliphatic heterocycles. The van der Waals surface area contributed by atoms with E-state index in [0.29, 0.717) is 28.0 Å². The number of aromatic nitrogens is 3. The van der Waals surface area contributed by atoms with E-state index < -0.39 is 11.7 Å². The summed E-state index contributed by atoms with van der Waals surface area (Å²) in [5, 5.41) is 7.02. The van der Waals surface area contributed by atoms with E-state index >= 15 is 0 Å². The van der Waals surface area contributed by atoms with Crippen molar-refractivity contribution in [1.29, 1.82) is 0 Å². The zero-order valence-electron chi connectivity index (χ0n) is 10.5. The first-order valence-electron chi connectivity index (χ1n) is 5.84. The van der Waals surface area contributed by atoms with Crippen LogP contribution in [0.25, 0.3) is 22.2 Å². The Kier molecular flexibility index (Phi) is 2.53. The Morgan fingerprint density at radius 3 is 2.60 bits per heavy atom. The van der Waals surface area contributed by atoms with Gasteiger partial charge < -0.3 is 10.3 Å². The van der Waals surface area contributed by atoms with E-state index in [0.717, 1.165) is 12.1 Å². The third kappa shape index (κ3) is 1.91. The van der Waals surface area contributed by atoms with E-state index in [4.69, 9.17) is 5.73 Å². The van der Waals surface area contributed by atoms with Crippen molar-refractivity contribution >= 4 is 16.7 Å². The van der Waals surface area contributed by atoms with Crippen LogP contribution in [0.2, 0.25) is 0 Å². The molecule has 2 heterocycles. The Labute approximate surface area is 112 Å². The van der Waals surface area contributed by atoms with Gasteiger partial charge in [0.1, 0.15) is 5.82 Å². The van der Waals surface area contributed by atoms with Crippen LogP contribution in [0, 0.1) is 0 Å². The second-order valence-electron chi connectivity index (χ2n) is 4.59. The number of halogens is 3. The first-order valence-corrected chi connectivity index (χ1v) is 5.84. The minimum Gasteiger partial charge on any atom is -0.382 e. The summed E-state index contributed by atoms with van der Waals surface area (Å²) in [5.41, 5.74) is 6.80. The number of fused-ring (bicyclic) bond motifs is 1. The predicted octanol–water partition coefficient (Wildman–Crippen LogP) is 3.17. The quantitative estimate of drug-likeness (QED) is 0.719. The Balaban J connectivity index is 2.27. The smallest absolute Gasteiger partial charge is 0.382 e. The molecule has 3 aromatic rings. The van der Waals surface area contributed by atoms with E-state index in [1.54, 1.807) is 23.9 Å². The molecule has 0 fully saturated rings. The van der Waals surface area contributed by atoms with E-state index in [-0.39, 0.29) is 0 Å². The lowest BCUT2D eigenvalue weighted by atomic mass is 10.1. The van der Waals surface area contributed by atoms with Gasteiger partial charge in [-0.2, -0.15) is 18.3 Å². The number of aryl methyl sites for hydroxylation is 1. The highest BCUT2D eigenvalue weighted by Gasteiger charge is 2.31. The number of nitrogens with one attached hydrogen (secondary N) is 1. The van der Waals surface area contributed by atoms with Crippen molar-refractivity contribution in [3.8, 4) is 11.3 Å². The Morgan fingerprint density at radius 1 is 1.25 bits per heavy atom. The molecule has 0 spiro atoms. The molecule has 3 N–H and O–H groups in total. The fraction of sp³-hybridized carbons (Fsp3) is 0.154. The number of nitrogens with zero attached hydrogens (tertiary/aromatic N) is 2. The topological polar surface area (TPSA) is 59.6 Å². The summed E-state index contributed by atoms with van der Waals surface area (Å²) in [6.45, 7) is 0. The largest absolute Gasteiger partial charge is 0.416 e. The molecule has 2 aromatic heterocycles. The third-order valence-electron chi connectivity index (χ3n) is 3.20. The number of anilines is 1. The van der Waals surface area contributed by atoms with Crippen LogP contribution in [0.15, 0.2) is 30.5 Å². The number of nitrogen functional groups attached to an aromatic ring is 1. The number of hydrogen-bond acceptors (Lipinski definition) is 2. The summed E-state index contributed by atoms with van der Waals surface area (Å²) in [7, 11) is 1.78. The van der Waals surface area contributed by atoms with Gasteiger partial charge in [0.15, 0.2) is 0 Å². The van der Waals surface area contributed by atoms with Gasteiger partial charge in [0.25, 0.3) is 0 Å². The van der Waals surface area contributed by atoms with E-state index in [1.165, 1.54) is 6.07 Å². The van der Waals surface area contributed by atoms with Crippen molar-refractivity contribution in [1.82, 2.24) is 14.8 Å². The normalized spacial score (nSPS) is 12.2. The molecule has 0 unspecified atom stereocenters. The van der Waals surface area contributed by atoms with Crippen LogP contribution in [0.5, 0.6) is 0 Å². The van der Waals surface area contributed by atoms with Gasteiger partial charge in [0.2, 0.25) is 0 Å². The van der Waals surface area contributed by atoms with Gasteiger partial charge in [-0.25, -0.2) is 0 Å². The molecular formula is C13H11F3N4. The van der Waals surface area contributed by atoms with Gasteiger partial charge >= 0.3 is 6.18 Å². The average Bonchev–Trinajstić information content (AvgIpc) is 2.93. The zero-order valence-corrected chi connectivity index (χ0v) is 10.5. The second kappa shape index (κ2) is 4.03. The Hall–Kier alpha value is -2.44. The molecule has 20 heavy (non-hydrogen) atoms. The molecule has 0 aliphatic carbocycles. The van der Waals surface area contributed by atoms with Crippen molar-refractivity contribution in [3.63, 3.8) is 0 Å². The predicted molar refractivity (Wildman–Crippen MR) is 69.9 cm³/mol. The average molecular weight is 280 g/mol. The van der Waals surface area contributed by atoms with Crippen LogP contribution in [-0.4, -0.2) is 14.8 Å². The van der Waals surface area contributed by atoms with Crippen molar-refractivity contribution in [3.05, 3.63) is 36.0 Å². The van der Waals surface area contributed by atoms with Gasteiger partial charge in [-0.05, 0) is 18.2 Å². The van der Waals surface area contributed by atoms with Gasteiger partial charge in [0.05, 0.1) is 11.3 Å². The van der Waals surface area contributed by atoms with Crippen molar-refractivity contribution < 1.29 is 13.2 Å². The lowest BCUT2D eigenvalue weighted by Crippen LogP contribution is -2.04. The zero-order chi connectivity index (χ0) is 14.5. The summed E-state index contributed by atoms with van der Waals surface area (Å²) >= 11 is 0. The fourth-order valence-electron chi connectivity index (χ4n) is 2.26. The van der Waals surface area contributed by atoms with Crippen LogP contribution >= 0.6 is 0 Å². The summed E-state index contributed by atoms with van der Waals surface area (Å²) in [6.07, 6.45) is -2.62. The molecule has 1 aromatic carbocycles. The Morgan fingerprint density at radius 2 is 2.00 bits per heavy atom. The summed E-state index contributed by atoms with van der Waals surface area (Å²) in [6, 6.07) is 5.27. The number of hydrogen-bond donors (Lipinski definition) is 2. The van der Waals surface area contributed by atoms with Gasteiger partial charge in [-0.1, -0.05) is 0 Å². The number of benzene rings is 1. The molecule has 0 saturated heterocycles. The number of aromatic amines is 1. The Bertz CT molecular complexity index is 783. The molecule has 0 bridgehead atoms. The number of H-pyrrole nitrogens is 1. The van der Waals surface area contributed by atoms with E-state index in [2.05, 4.69) is 10.2 Å². The van der Waals surface area contributed by atoms with E-state index in [1.807, 2.05) is 0 Å². The minimum atomic E-state index is -4.37. The maximum Gasteiger partial charge on any atom is 0.416 e. The lowest BCUT2D eigenvalue weighted by Gasteiger charge is -2.07. The van der Waals surface area contributed by atoms with Crippen molar-refractivity contribution in [2.45, 2.75) is 6.18 Å². The first-order chi connectivity index (χ1) is 9.36. The monoisotopic (exact) mass is 280 g/mol. The number of nitrogens with two attached hydrogens (primary N) is 1. The summed E-state index contributed by atoms with van der Waals surface area (Å²) < 4.78 is 40.2. The van der Waals surface area contributed by atoms with Crippen LogP contribution in [0.1, 0.15) is 5.56 Å². The maximum absolute atomic E-state index is 12.8. The van der Waals surface area contributed by atoms with Crippen LogP contribution < -0.4 is 5.73 Å². The number of alkyl halides is 3. The molecule has 7 heteroatoms. The SMILES string of the molecule is Cn1cc(-c2cc(N)n[nH]2)c2cc(C(F)(F)F)ccc21. The van der Waals surface area contributed by atoms with E-state index in [9.17, 15) is 13.2 Å². The molecular weight excluding hydrogens is 269 g/mol. The molecule has 0 radical (unpaired) electrons. The summed E-state index contributed by atoms with van der Waals surface area (Å²) in [5.74, 6) is 0.295.